The van der Waals surface area contributed by atoms with Crippen LogP contribution in [0.4, 0.5) is 0 Å². The van der Waals surface area contributed by atoms with Crippen molar-refractivity contribution in [2.45, 2.75) is 37.1 Å². The Hall–Kier alpha value is -1.40. The summed E-state index contributed by atoms with van der Waals surface area (Å²) in [6.07, 6.45) is 4.66. The van der Waals surface area contributed by atoms with Crippen molar-refractivity contribution in [2.75, 3.05) is 19.3 Å². The minimum absolute atomic E-state index is 0.0471. The Morgan fingerprint density at radius 2 is 2.00 bits per heavy atom. The summed E-state index contributed by atoms with van der Waals surface area (Å²) in [6, 6.07) is 9.66. The van der Waals surface area contributed by atoms with Gasteiger partial charge in [-0.3, -0.25) is 4.79 Å². The second-order valence-corrected chi connectivity index (χ2v) is 8.33. The largest absolute Gasteiger partial charge is 0.354 e. The van der Waals surface area contributed by atoms with E-state index in [1.807, 2.05) is 18.2 Å². The molecule has 0 spiro atoms. The Morgan fingerprint density at radius 3 is 2.59 bits per heavy atom. The van der Waals surface area contributed by atoms with Crippen molar-refractivity contribution in [3.05, 3.63) is 35.9 Å². The monoisotopic (exact) mass is 322 g/mol. The molecular weight excluding hydrogens is 300 g/mol. The molecule has 1 aliphatic heterocycles. The maximum Gasteiger partial charge on any atom is 0.238 e. The predicted molar refractivity (Wildman–Crippen MR) is 84.9 cm³/mol. The highest BCUT2D eigenvalue weighted by atomic mass is 32.2. The first-order valence-corrected chi connectivity index (χ1v) is 9.57. The van der Waals surface area contributed by atoms with Gasteiger partial charge in [0, 0.05) is 18.5 Å². The van der Waals surface area contributed by atoms with Crippen LogP contribution in [-0.2, 0) is 20.2 Å². The molecular formula is C16H22N2O3S. The van der Waals surface area contributed by atoms with Crippen LogP contribution in [0.3, 0.4) is 0 Å². The molecule has 1 unspecified atom stereocenters. The van der Waals surface area contributed by atoms with Gasteiger partial charge < -0.3 is 5.32 Å². The van der Waals surface area contributed by atoms with Gasteiger partial charge in [-0.05, 0) is 31.2 Å². The third kappa shape index (κ3) is 3.03. The van der Waals surface area contributed by atoms with E-state index in [1.54, 1.807) is 0 Å². The molecule has 1 heterocycles. The van der Waals surface area contributed by atoms with E-state index >= 15 is 0 Å². The van der Waals surface area contributed by atoms with Crippen LogP contribution in [0, 0.1) is 0 Å². The standard InChI is InChI=1S/C16H22N2O3S/c1-22(20,21)18-11-5-8-14(18)15(19)17-12-16(9-10-16)13-6-3-2-4-7-13/h2-4,6-7,14H,5,8-12H2,1H3,(H,17,19). The fourth-order valence-electron chi connectivity index (χ4n) is 3.28. The number of amides is 1. The van der Waals surface area contributed by atoms with Crippen molar-refractivity contribution < 1.29 is 13.2 Å². The van der Waals surface area contributed by atoms with Crippen LogP contribution < -0.4 is 5.32 Å². The van der Waals surface area contributed by atoms with Gasteiger partial charge in [-0.25, -0.2) is 8.42 Å². The summed E-state index contributed by atoms with van der Waals surface area (Å²) in [5.41, 5.74) is 1.30. The van der Waals surface area contributed by atoms with Crippen LogP contribution in [-0.4, -0.2) is 44.0 Å². The quantitative estimate of drug-likeness (QED) is 0.887. The van der Waals surface area contributed by atoms with E-state index in [4.69, 9.17) is 0 Å². The van der Waals surface area contributed by atoms with E-state index < -0.39 is 16.1 Å². The first kappa shape index (κ1) is 15.5. The molecule has 5 nitrogen and oxygen atoms in total. The Balaban J connectivity index is 1.64. The second kappa shape index (κ2) is 5.66. The molecule has 0 bridgehead atoms. The average molecular weight is 322 g/mol. The zero-order chi connectivity index (χ0) is 15.8. The van der Waals surface area contributed by atoms with E-state index in [-0.39, 0.29) is 11.3 Å². The van der Waals surface area contributed by atoms with Gasteiger partial charge in [0.15, 0.2) is 0 Å². The van der Waals surface area contributed by atoms with Crippen molar-refractivity contribution in [3.63, 3.8) is 0 Å². The molecule has 1 aromatic rings. The molecule has 1 aromatic carbocycles. The summed E-state index contributed by atoms with van der Waals surface area (Å²) in [5.74, 6) is -0.162. The van der Waals surface area contributed by atoms with Crippen molar-refractivity contribution >= 4 is 15.9 Å². The van der Waals surface area contributed by atoms with E-state index in [0.717, 1.165) is 19.3 Å². The van der Waals surface area contributed by atoms with Gasteiger partial charge >= 0.3 is 0 Å². The van der Waals surface area contributed by atoms with Crippen molar-refractivity contribution in [3.8, 4) is 0 Å². The molecule has 1 atom stereocenters. The highest BCUT2D eigenvalue weighted by molar-refractivity contribution is 7.88. The third-order valence-corrected chi connectivity index (χ3v) is 6.06. The fourth-order valence-corrected chi connectivity index (χ4v) is 4.41. The zero-order valence-corrected chi connectivity index (χ0v) is 13.6. The number of benzene rings is 1. The molecule has 1 amide bonds. The molecule has 6 heteroatoms. The Labute approximate surface area is 131 Å². The lowest BCUT2D eigenvalue weighted by Gasteiger charge is -2.23. The highest BCUT2D eigenvalue weighted by Crippen LogP contribution is 2.47. The molecule has 3 rings (SSSR count). The maximum absolute atomic E-state index is 12.4. The normalized spacial score (nSPS) is 24.1. The first-order valence-electron chi connectivity index (χ1n) is 7.72. The lowest BCUT2D eigenvalue weighted by Crippen LogP contribution is -2.47. The van der Waals surface area contributed by atoms with E-state index in [9.17, 15) is 13.2 Å². The van der Waals surface area contributed by atoms with Crippen molar-refractivity contribution in [1.82, 2.24) is 9.62 Å². The molecule has 120 valence electrons. The van der Waals surface area contributed by atoms with Gasteiger partial charge in [0.1, 0.15) is 6.04 Å². The van der Waals surface area contributed by atoms with Gasteiger partial charge in [-0.1, -0.05) is 30.3 Å². The summed E-state index contributed by atoms with van der Waals surface area (Å²) in [7, 11) is -3.31. The average Bonchev–Trinajstić information content (AvgIpc) is 3.10. The van der Waals surface area contributed by atoms with Crippen LogP contribution >= 0.6 is 0 Å². The number of sulfonamides is 1. The van der Waals surface area contributed by atoms with Crippen molar-refractivity contribution in [2.24, 2.45) is 0 Å². The Bertz CT molecular complexity index is 653. The topological polar surface area (TPSA) is 66.5 Å². The molecule has 1 N–H and O–H groups in total. The molecule has 1 saturated heterocycles. The molecule has 2 aliphatic rings. The highest BCUT2D eigenvalue weighted by Gasteiger charge is 2.45. The van der Waals surface area contributed by atoms with Crippen LogP contribution in [0.15, 0.2) is 30.3 Å². The summed E-state index contributed by atoms with van der Waals surface area (Å²) < 4.78 is 24.8. The van der Waals surface area contributed by atoms with Crippen LogP contribution in [0.25, 0.3) is 0 Å². The minimum atomic E-state index is -3.31. The number of nitrogens with one attached hydrogen (secondary N) is 1. The summed E-state index contributed by atoms with van der Waals surface area (Å²) in [6.45, 7) is 1.03. The van der Waals surface area contributed by atoms with Crippen LogP contribution in [0.5, 0.6) is 0 Å². The Kier molecular flexibility index (Phi) is 3.99. The van der Waals surface area contributed by atoms with Gasteiger partial charge in [0.25, 0.3) is 0 Å². The number of carbonyl (C=O) groups is 1. The Morgan fingerprint density at radius 1 is 1.32 bits per heavy atom. The van der Waals surface area contributed by atoms with Crippen LogP contribution in [0.2, 0.25) is 0 Å². The number of hydrogen-bond acceptors (Lipinski definition) is 3. The molecule has 1 aliphatic carbocycles. The van der Waals surface area contributed by atoms with E-state index in [1.165, 1.54) is 16.1 Å². The van der Waals surface area contributed by atoms with Gasteiger partial charge in [0.05, 0.1) is 6.26 Å². The first-order chi connectivity index (χ1) is 10.4. The lowest BCUT2D eigenvalue weighted by molar-refractivity contribution is -0.124. The molecule has 0 aromatic heterocycles. The molecule has 22 heavy (non-hydrogen) atoms. The minimum Gasteiger partial charge on any atom is -0.354 e. The fraction of sp³-hybridized carbons (Fsp3) is 0.562. The van der Waals surface area contributed by atoms with Crippen molar-refractivity contribution in [1.29, 1.82) is 0 Å². The summed E-state index contributed by atoms with van der Waals surface area (Å²) in [4.78, 5) is 12.4. The van der Waals surface area contributed by atoms with E-state index in [2.05, 4.69) is 17.4 Å². The van der Waals surface area contributed by atoms with Gasteiger partial charge in [-0.15, -0.1) is 0 Å². The molecule has 2 fully saturated rings. The maximum atomic E-state index is 12.4. The smallest absolute Gasteiger partial charge is 0.238 e. The summed E-state index contributed by atoms with van der Waals surface area (Å²) >= 11 is 0. The molecule has 1 saturated carbocycles. The number of rotatable bonds is 5. The second-order valence-electron chi connectivity index (χ2n) is 6.40. The SMILES string of the molecule is CS(=O)(=O)N1CCCC1C(=O)NCC1(c2ccccc2)CC1. The summed E-state index contributed by atoms with van der Waals surface area (Å²) in [5, 5.41) is 2.98. The van der Waals surface area contributed by atoms with E-state index in [0.29, 0.717) is 19.5 Å². The predicted octanol–water partition coefficient (Wildman–Crippen LogP) is 1.26. The number of hydrogen-bond donors (Lipinski definition) is 1. The van der Waals surface area contributed by atoms with Crippen LogP contribution in [0.1, 0.15) is 31.2 Å². The number of nitrogens with zero attached hydrogens (tertiary/aromatic N) is 1. The lowest BCUT2D eigenvalue weighted by atomic mass is 9.96. The van der Waals surface area contributed by atoms with Gasteiger partial charge in [0.2, 0.25) is 15.9 Å². The number of carbonyl (C=O) groups excluding carboxylic acids is 1. The zero-order valence-electron chi connectivity index (χ0n) is 12.8. The van der Waals surface area contributed by atoms with Gasteiger partial charge in [-0.2, -0.15) is 4.31 Å². The third-order valence-electron chi connectivity index (χ3n) is 4.77. The molecule has 0 radical (unpaired) electrons.